The fourth-order valence-electron chi connectivity index (χ4n) is 5.59. The molecule has 2 unspecified atom stereocenters. The molecule has 142 valence electrons. The summed E-state index contributed by atoms with van der Waals surface area (Å²) in [7, 11) is 0. The van der Waals surface area contributed by atoms with E-state index in [0.717, 1.165) is 38.3 Å². The Balaban J connectivity index is 1.61. The van der Waals surface area contributed by atoms with E-state index < -0.39 is 23.7 Å². The van der Waals surface area contributed by atoms with E-state index in [1.807, 2.05) is 0 Å². The van der Waals surface area contributed by atoms with Crippen LogP contribution in [0.5, 0.6) is 0 Å². The first-order valence-corrected chi connectivity index (χ1v) is 9.14. The summed E-state index contributed by atoms with van der Waals surface area (Å²) in [4.78, 5) is 19.9. The highest BCUT2D eigenvalue weighted by Crippen LogP contribution is 2.58. The number of rotatable bonds is 5. The van der Waals surface area contributed by atoms with Gasteiger partial charge in [0.05, 0.1) is 12.2 Å². The minimum atomic E-state index is -2.90. The number of ether oxygens (including phenoxy) is 1. The van der Waals surface area contributed by atoms with Crippen molar-refractivity contribution in [3.8, 4) is 0 Å². The summed E-state index contributed by atoms with van der Waals surface area (Å²) in [5.74, 6) is 0.126. The van der Waals surface area contributed by atoms with E-state index in [1.54, 1.807) is 6.92 Å². The molecule has 4 saturated carbocycles. The number of anilines is 1. The van der Waals surface area contributed by atoms with Crippen molar-refractivity contribution >= 4 is 11.9 Å². The monoisotopic (exact) mass is 367 g/mol. The average Bonchev–Trinajstić information content (AvgIpc) is 2.52. The summed E-state index contributed by atoms with van der Waals surface area (Å²) >= 11 is 0. The van der Waals surface area contributed by atoms with E-state index in [0.29, 0.717) is 18.3 Å². The summed E-state index contributed by atoms with van der Waals surface area (Å²) < 4.78 is 31.6. The molecule has 4 aliphatic carbocycles. The maximum absolute atomic E-state index is 13.4. The van der Waals surface area contributed by atoms with Crippen LogP contribution in [0.4, 0.5) is 14.7 Å². The van der Waals surface area contributed by atoms with E-state index in [9.17, 15) is 18.7 Å². The fourth-order valence-corrected chi connectivity index (χ4v) is 5.59. The van der Waals surface area contributed by atoms with E-state index in [2.05, 4.69) is 15.3 Å². The summed E-state index contributed by atoms with van der Waals surface area (Å²) in [6.45, 7) is 1.69. The van der Waals surface area contributed by atoms with Crippen molar-refractivity contribution in [2.75, 3.05) is 11.9 Å². The third-order valence-electron chi connectivity index (χ3n) is 5.93. The molecule has 8 heteroatoms. The van der Waals surface area contributed by atoms with Gasteiger partial charge in [-0.2, -0.15) is 0 Å². The molecule has 2 atom stereocenters. The number of esters is 1. The van der Waals surface area contributed by atoms with Crippen LogP contribution in [-0.2, 0) is 4.74 Å². The van der Waals surface area contributed by atoms with Crippen molar-refractivity contribution in [1.29, 1.82) is 0 Å². The van der Waals surface area contributed by atoms with Gasteiger partial charge in [0.1, 0.15) is 11.3 Å². The van der Waals surface area contributed by atoms with Crippen molar-refractivity contribution in [3.63, 3.8) is 0 Å². The second kappa shape index (κ2) is 6.11. The lowest BCUT2D eigenvalue weighted by Gasteiger charge is -2.60. The Labute approximate surface area is 150 Å². The summed E-state index contributed by atoms with van der Waals surface area (Å²) in [5, 5.41) is 14.0. The minimum Gasteiger partial charge on any atom is -0.462 e. The summed E-state index contributed by atoms with van der Waals surface area (Å²) in [5.41, 5.74) is -1.96. The van der Waals surface area contributed by atoms with Crippen molar-refractivity contribution < 1.29 is 23.4 Å². The number of hydrogen-bond acceptors (Lipinski definition) is 6. The standard InChI is InChI=1S/C18H23F2N3O3/c1-2-26-15(24)12-8-21-16(22-13(12)14(19)20)23-17-4-10-3-11(5-17)7-18(25,6-10)9-17/h8,10-11,14,25H,2-7,9H2,1H3,(H,21,22,23). The van der Waals surface area contributed by atoms with Crippen LogP contribution in [0.25, 0.3) is 0 Å². The number of aliphatic hydroxyl groups is 1. The SMILES string of the molecule is CCOC(=O)c1cnc(NC23CC4CC(CC(O)(C4)C2)C3)nc1C(F)F. The second-order valence-electron chi connectivity index (χ2n) is 8.10. The Bertz CT molecular complexity index is 714. The van der Waals surface area contributed by atoms with E-state index in [1.165, 1.54) is 0 Å². The topological polar surface area (TPSA) is 84.3 Å². The molecule has 2 N–H and O–H groups in total. The molecule has 0 amide bonds. The minimum absolute atomic E-state index is 0.0823. The third-order valence-corrected chi connectivity index (χ3v) is 5.93. The molecule has 1 aromatic rings. The normalized spacial score (nSPS) is 35.0. The largest absolute Gasteiger partial charge is 0.462 e. The van der Waals surface area contributed by atoms with E-state index in [-0.39, 0.29) is 23.7 Å². The lowest BCUT2D eigenvalue weighted by atomic mass is 9.51. The maximum atomic E-state index is 13.4. The zero-order valence-corrected chi connectivity index (χ0v) is 14.7. The molecule has 4 fully saturated rings. The molecular formula is C18H23F2N3O3. The highest BCUT2D eigenvalue weighted by Gasteiger charge is 2.57. The summed E-state index contributed by atoms with van der Waals surface area (Å²) in [6.07, 6.45) is 3.31. The zero-order valence-electron chi connectivity index (χ0n) is 14.7. The first-order chi connectivity index (χ1) is 12.3. The van der Waals surface area contributed by atoms with Crippen LogP contribution < -0.4 is 5.32 Å². The van der Waals surface area contributed by atoms with Crippen LogP contribution >= 0.6 is 0 Å². The van der Waals surface area contributed by atoms with Gasteiger partial charge in [-0.25, -0.2) is 23.5 Å². The molecule has 0 saturated heterocycles. The Morgan fingerprint density at radius 1 is 1.38 bits per heavy atom. The van der Waals surface area contributed by atoms with E-state index >= 15 is 0 Å². The Kier molecular flexibility index (Phi) is 4.13. The van der Waals surface area contributed by atoms with Gasteiger partial charge in [-0.15, -0.1) is 0 Å². The molecule has 0 aliphatic heterocycles. The molecule has 0 radical (unpaired) electrons. The van der Waals surface area contributed by atoms with Gasteiger partial charge < -0.3 is 15.2 Å². The van der Waals surface area contributed by atoms with Gasteiger partial charge in [-0.05, 0) is 57.3 Å². The molecule has 4 aliphatic rings. The van der Waals surface area contributed by atoms with Crippen LogP contribution in [0.1, 0.15) is 67.9 Å². The van der Waals surface area contributed by atoms with Gasteiger partial charge in [0.15, 0.2) is 0 Å². The van der Waals surface area contributed by atoms with Gasteiger partial charge in [0.2, 0.25) is 5.95 Å². The highest BCUT2D eigenvalue weighted by molar-refractivity contribution is 5.90. The van der Waals surface area contributed by atoms with Crippen LogP contribution in [-0.4, -0.2) is 38.8 Å². The van der Waals surface area contributed by atoms with Crippen LogP contribution in [0, 0.1) is 11.8 Å². The first kappa shape index (κ1) is 17.6. The van der Waals surface area contributed by atoms with Crippen molar-refractivity contribution in [2.45, 2.75) is 63.0 Å². The predicted octanol–water partition coefficient (Wildman–Crippen LogP) is 3.09. The van der Waals surface area contributed by atoms with Gasteiger partial charge in [-0.1, -0.05) is 0 Å². The van der Waals surface area contributed by atoms with Crippen LogP contribution in [0.2, 0.25) is 0 Å². The van der Waals surface area contributed by atoms with Gasteiger partial charge in [-0.3, -0.25) is 0 Å². The molecular weight excluding hydrogens is 344 g/mol. The number of carbonyl (C=O) groups is 1. The van der Waals surface area contributed by atoms with E-state index in [4.69, 9.17) is 4.74 Å². The average molecular weight is 367 g/mol. The van der Waals surface area contributed by atoms with Crippen LogP contribution in [0.15, 0.2) is 6.20 Å². The Morgan fingerprint density at radius 2 is 2.08 bits per heavy atom. The zero-order chi connectivity index (χ0) is 18.5. The number of nitrogens with one attached hydrogen (secondary N) is 1. The van der Waals surface area contributed by atoms with Crippen molar-refractivity contribution in [1.82, 2.24) is 9.97 Å². The van der Waals surface area contributed by atoms with Gasteiger partial charge >= 0.3 is 5.97 Å². The smallest absolute Gasteiger partial charge is 0.341 e. The third kappa shape index (κ3) is 3.04. The highest BCUT2D eigenvalue weighted by atomic mass is 19.3. The Morgan fingerprint density at radius 3 is 2.65 bits per heavy atom. The number of carbonyl (C=O) groups excluding carboxylic acids is 1. The first-order valence-electron chi connectivity index (χ1n) is 9.14. The lowest BCUT2D eigenvalue weighted by Crippen LogP contribution is -2.62. The number of hydrogen-bond donors (Lipinski definition) is 2. The summed E-state index contributed by atoms with van der Waals surface area (Å²) in [6, 6.07) is 0. The quantitative estimate of drug-likeness (QED) is 0.778. The van der Waals surface area contributed by atoms with Gasteiger partial charge in [0, 0.05) is 11.7 Å². The molecule has 4 bridgehead atoms. The molecule has 1 aromatic heterocycles. The van der Waals surface area contributed by atoms with Gasteiger partial charge in [0.25, 0.3) is 6.43 Å². The fraction of sp³-hybridized carbons (Fsp3) is 0.722. The predicted molar refractivity (Wildman–Crippen MR) is 88.9 cm³/mol. The number of halogens is 2. The number of aromatic nitrogens is 2. The van der Waals surface area contributed by atoms with Crippen molar-refractivity contribution in [3.05, 3.63) is 17.5 Å². The molecule has 26 heavy (non-hydrogen) atoms. The molecule has 6 nitrogen and oxygen atoms in total. The molecule has 5 rings (SSSR count). The van der Waals surface area contributed by atoms with Crippen LogP contribution in [0.3, 0.4) is 0 Å². The Hall–Kier alpha value is -1.83. The maximum Gasteiger partial charge on any atom is 0.341 e. The molecule has 0 spiro atoms. The number of alkyl halides is 2. The molecule has 1 heterocycles. The second-order valence-corrected chi connectivity index (χ2v) is 8.10. The number of nitrogens with zero attached hydrogens (tertiary/aromatic N) is 2. The molecule has 0 aromatic carbocycles. The van der Waals surface area contributed by atoms with Crippen molar-refractivity contribution in [2.24, 2.45) is 11.8 Å². The lowest BCUT2D eigenvalue weighted by molar-refractivity contribution is -0.127.